The molecule has 0 aliphatic heterocycles. The first-order valence-electron chi connectivity index (χ1n) is 8.05. The number of aromatic nitrogens is 4. The monoisotopic (exact) mass is 366 g/mol. The van der Waals surface area contributed by atoms with Gasteiger partial charge in [0.2, 0.25) is 0 Å². The van der Waals surface area contributed by atoms with E-state index in [0.717, 1.165) is 5.69 Å². The van der Waals surface area contributed by atoms with Crippen LogP contribution in [0.2, 0.25) is 5.02 Å². The molecule has 1 N–H and O–H groups in total. The number of benzene rings is 1. The summed E-state index contributed by atoms with van der Waals surface area (Å²) in [6.45, 7) is 2.08. The number of hydrogen-bond acceptors (Lipinski definition) is 3. The molecular formula is C19H15ClN4O2. The van der Waals surface area contributed by atoms with Crippen LogP contribution in [0.15, 0.2) is 64.3 Å². The van der Waals surface area contributed by atoms with Gasteiger partial charge in [-0.05, 0) is 43.3 Å². The van der Waals surface area contributed by atoms with Crippen molar-refractivity contribution in [3.63, 3.8) is 0 Å². The molecule has 0 aliphatic rings. The summed E-state index contributed by atoms with van der Waals surface area (Å²) in [4.78, 5) is 29.7. The minimum Gasteiger partial charge on any atom is -0.306 e. The summed E-state index contributed by atoms with van der Waals surface area (Å²) in [5.74, 6) is 0. The molecule has 4 rings (SSSR count). The third-order valence-corrected chi connectivity index (χ3v) is 4.60. The highest BCUT2D eigenvalue weighted by atomic mass is 35.5. The summed E-state index contributed by atoms with van der Waals surface area (Å²) >= 11 is 5.91. The van der Waals surface area contributed by atoms with Crippen molar-refractivity contribution in [2.45, 2.75) is 13.5 Å². The normalized spacial score (nSPS) is 11.2. The van der Waals surface area contributed by atoms with Gasteiger partial charge in [0.25, 0.3) is 11.1 Å². The molecule has 4 aromatic rings. The molecule has 0 aliphatic carbocycles. The van der Waals surface area contributed by atoms with E-state index in [9.17, 15) is 9.59 Å². The first kappa shape index (κ1) is 16.4. The molecule has 0 spiro atoms. The van der Waals surface area contributed by atoms with Crippen molar-refractivity contribution in [3.8, 4) is 5.69 Å². The van der Waals surface area contributed by atoms with Crippen LogP contribution in [-0.4, -0.2) is 19.3 Å². The Morgan fingerprint density at radius 3 is 2.58 bits per heavy atom. The molecule has 26 heavy (non-hydrogen) atoms. The van der Waals surface area contributed by atoms with Gasteiger partial charge in [0.1, 0.15) is 0 Å². The topological polar surface area (TPSA) is 72.7 Å². The fourth-order valence-electron chi connectivity index (χ4n) is 3.03. The predicted molar refractivity (Wildman–Crippen MR) is 101 cm³/mol. The molecule has 0 amide bonds. The molecule has 3 aromatic heterocycles. The third kappa shape index (κ3) is 2.74. The summed E-state index contributed by atoms with van der Waals surface area (Å²) < 4.78 is 2.98. The van der Waals surface area contributed by atoms with Crippen molar-refractivity contribution in [3.05, 3.63) is 91.8 Å². The first-order valence-corrected chi connectivity index (χ1v) is 8.43. The molecule has 0 radical (unpaired) electrons. The van der Waals surface area contributed by atoms with Gasteiger partial charge in [0, 0.05) is 23.0 Å². The number of pyridine rings is 2. The van der Waals surface area contributed by atoms with E-state index < -0.39 is 0 Å². The quantitative estimate of drug-likeness (QED) is 0.606. The van der Waals surface area contributed by atoms with Crippen LogP contribution in [0.1, 0.15) is 11.4 Å². The molecule has 0 saturated carbocycles. The average molecular weight is 367 g/mol. The number of nitrogens with one attached hydrogen (secondary N) is 1. The Morgan fingerprint density at radius 2 is 1.88 bits per heavy atom. The molecule has 0 unspecified atom stereocenters. The Hall–Kier alpha value is -3.12. The lowest BCUT2D eigenvalue weighted by Crippen LogP contribution is -2.24. The number of nitrogens with zero attached hydrogens (tertiary/aromatic N) is 3. The minimum absolute atomic E-state index is 0.190. The number of fused-ring (bicyclic) bond motifs is 1. The third-order valence-electron chi connectivity index (χ3n) is 4.35. The largest absolute Gasteiger partial charge is 0.306 e. The van der Waals surface area contributed by atoms with Gasteiger partial charge in [-0.25, -0.2) is 4.68 Å². The van der Waals surface area contributed by atoms with Crippen molar-refractivity contribution < 1.29 is 0 Å². The van der Waals surface area contributed by atoms with Crippen LogP contribution in [0.5, 0.6) is 0 Å². The van der Waals surface area contributed by atoms with E-state index >= 15 is 0 Å². The molecule has 3 heterocycles. The number of aryl methyl sites for hydroxylation is 1. The Balaban J connectivity index is 1.90. The second-order valence-corrected chi connectivity index (χ2v) is 6.43. The van der Waals surface area contributed by atoms with E-state index in [0.29, 0.717) is 33.9 Å². The van der Waals surface area contributed by atoms with E-state index in [1.807, 2.05) is 18.2 Å². The van der Waals surface area contributed by atoms with Gasteiger partial charge in [-0.15, -0.1) is 0 Å². The van der Waals surface area contributed by atoms with Crippen LogP contribution >= 0.6 is 11.6 Å². The number of aromatic amines is 1. The smallest absolute Gasteiger partial charge is 0.280 e. The maximum Gasteiger partial charge on any atom is 0.280 e. The highest BCUT2D eigenvalue weighted by Crippen LogP contribution is 2.16. The Bertz CT molecular complexity index is 1200. The minimum atomic E-state index is -0.213. The molecule has 0 atom stereocenters. The standard InChI is InChI=1S/C19H15ClN4O2/c1-12-18-16(10-17(25)23(12)11-14-4-2-3-9-21-14)22-24(19(18)26)15-7-5-13(20)6-8-15/h2-10,22H,11H2,1H3. The lowest BCUT2D eigenvalue weighted by molar-refractivity contribution is 0.720. The van der Waals surface area contributed by atoms with Gasteiger partial charge in [-0.1, -0.05) is 17.7 Å². The summed E-state index contributed by atoms with van der Waals surface area (Å²) in [5.41, 5.74) is 2.11. The van der Waals surface area contributed by atoms with E-state index in [4.69, 9.17) is 11.6 Å². The Kier molecular flexibility index (Phi) is 3.97. The fourth-order valence-corrected chi connectivity index (χ4v) is 3.16. The Morgan fingerprint density at radius 1 is 1.12 bits per heavy atom. The van der Waals surface area contributed by atoms with Crippen molar-refractivity contribution in [2.75, 3.05) is 0 Å². The van der Waals surface area contributed by atoms with E-state index in [2.05, 4.69) is 10.1 Å². The van der Waals surface area contributed by atoms with Crippen LogP contribution < -0.4 is 11.1 Å². The van der Waals surface area contributed by atoms with E-state index in [1.54, 1.807) is 42.0 Å². The number of H-pyrrole nitrogens is 1. The van der Waals surface area contributed by atoms with E-state index in [1.165, 1.54) is 10.7 Å². The lowest BCUT2D eigenvalue weighted by atomic mass is 10.2. The zero-order valence-corrected chi connectivity index (χ0v) is 14.7. The molecule has 6 nitrogen and oxygen atoms in total. The van der Waals surface area contributed by atoms with Crippen LogP contribution in [0, 0.1) is 6.92 Å². The maximum absolute atomic E-state index is 12.9. The second-order valence-electron chi connectivity index (χ2n) is 5.99. The predicted octanol–water partition coefficient (Wildman–Crippen LogP) is 2.89. The van der Waals surface area contributed by atoms with Crippen molar-refractivity contribution in [2.24, 2.45) is 0 Å². The van der Waals surface area contributed by atoms with Gasteiger partial charge in [-0.2, -0.15) is 0 Å². The van der Waals surface area contributed by atoms with Gasteiger partial charge in [0.05, 0.1) is 28.8 Å². The zero-order valence-electron chi connectivity index (χ0n) is 13.9. The van der Waals surface area contributed by atoms with Crippen LogP contribution in [0.4, 0.5) is 0 Å². The molecule has 1 aromatic carbocycles. The lowest BCUT2D eigenvalue weighted by Gasteiger charge is -2.09. The van der Waals surface area contributed by atoms with E-state index in [-0.39, 0.29) is 11.1 Å². The highest BCUT2D eigenvalue weighted by molar-refractivity contribution is 6.30. The van der Waals surface area contributed by atoms with Gasteiger partial charge < -0.3 is 4.57 Å². The zero-order chi connectivity index (χ0) is 18.3. The van der Waals surface area contributed by atoms with Crippen LogP contribution in [0.25, 0.3) is 16.6 Å². The van der Waals surface area contributed by atoms with Crippen molar-refractivity contribution in [1.82, 2.24) is 19.3 Å². The number of hydrogen-bond donors (Lipinski definition) is 1. The van der Waals surface area contributed by atoms with Crippen molar-refractivity contribution in [1.29, 1.82) is 0 Å². The summed E-state index contributed by atoms with van der Waals surface area (Å²) in [6.07, 6.45) is 1.68. The van der Waals surface area contributed by atoms with Gasteiger partial charge >= 0.3 is 0 Å². The Labute approximate surface area is 153 Å². The van der Waals surface area contributed by atoms with Crippen molar-refractivity contribution >= 4 is 22.5 Å². The first-order chi connectivity index (χ1) is 12.5. The summed E-state index contributed by atoms with van der Waals surface area (Å²) in [5, 5.41) is 4.07. The number of rotatable bonds is 3. The molecule has 0 saturated heterocycles. The van der Waals surface area contributed by atoms with Gasteiger partial charge in [0.15, 0.2) is 0 Å². The molecule has 0 fully saturated rings. The average Bonchev–Trinajstić information content (AvgIpc) is 2.96. The van der Waals surface area contributed by atoms with Crippen LogP contribution in [-0.2, 0) is 6.54 Å². The molecular weight excluding hydrogens is 352 g/mol. The van der Waals surface area contributed by atoms with Crippen LogP contribution in [0.3, 0.4) is 0 Å². The maximum atomic E-state index is 12.9. The summed E-state index contributed by atoms with van der Waals surface area (Å²) in [7, 11) is 0. The second kappa shape index (κ2) is 6.31. The highest BCUT2D eigenvalue weighted by Gasteiger charge is 2.15. The fraction of sp³-hybridized carbons (Fsp3) is 0.105. The van der Waals surface area contributed by atoms with Gasteiger partial charge in [-0.3, -0.25) is 19.7 Å². The SMILES string of the molecule is Cc1c2c(=O)n(-c3ccc(Cl)cc3)[nH]c2cc(=O)n1Cc1ccccn1. The number of halogens is 1. The molecule has 0 bridgehead atoms. The summed E-state index contributed by atoms with van der Waals surface area (Å²) in [6, 6.07) is 13.9. The molecule has 130 valence electrons. The molecule has 7 heteroatoms.